The molecule has 0 aromatic carbocycles. The molecule has 0 N–H and O–H groups in total. The first-order valence-corrected chi connectivity index (χ1v) is 7.14. The van der Waals surface area contributed by atoms with Crippen LogP contribution in [0, 0.1) is 5.92 Å². The minimum atomic E-state index is -3.38. The van der Waals surface area contributed by atoms with Crippen molar-refractivity contribution >= 4 is 7.82 Å². The van der Waals surface area contributed by atoms with Crippen LogP contribution in [0.3, 0.4) is 0 Å². The van der Waals surface area contributed by atoms with Gasteiger partial charge in [-0.2, -0.15) is 0 Å². The summed E-state index contributed by atoms with van der Waals surface area (Å²) >= 11 is 0. The predicted octanol–water partition coefficient (Wildman–Crippen LogP) is 2.36. The molecule has 2 fully saturated rings. The van der Waals surface area contributed by atoms with Gasteiger partial charge in [0, 0.05) is 5.92 Å². The van der Waals surface area contributed by atoms with E-state index in [1.165, 1.54) is 0 Å². The molecule has 0 saturated carbocycles. The summed E-state index contributed by atoms with van der Waals surface area (Å²) in [6.07, 6.45) is -0.391. The van der Waals surface area contributed by atoms with Crippen LogP contribution in [0.4, 0.5) is 0 Å². The standard InChI is InChI=1S/C10H19O5P/c1-6(2)14-16(11)12-5-9-10(15-16)7(3)8(4)13-9/h6-10H,5H2,1-4H3/t7?,8?,9?,10-,16?/m0/s1. The minimum absolute atomic E-state index is 0.101. The van der Waals surface area contributed by atoms with E-state index in [1.807, 2.05) is 13.8 Å². The van der Waals surface area contributed by atoms with Gasteiger partial charge >= 0.3 is 7.82 Å². The fourth-order valence-corrected chi connectivity index (χ4v) is 3.68. The summed E-state index contributed by atoms with van der Waals surface area (Å²) in [5.74, 6) is 0.206. The number of fused-ring (bicyclic) bond motifs is 1. The van der Waals surface area contributed by atoms with E-state index in [2.05, 4.69) is 0 Å². The van der Waals surface area contributed by atoms with Gasteiger partial charge in [0.25, 0.3) is 0 Å². The van der Waals surface area contributed by atoms with Crippen LogP contribution >= 0.6 is 7.82 Å². The molecule has 0 aliphatic carbocycles. The molecule has 16 heavy (non-hydrogen) atoms. The van der Waals surface area contributed by atoms with Crippen molar-refractivity contribution in [2.75, 3.05) is 6.61 Å². The first-order valence-electron chi connectivity index (χ1n) is 5.68. The van der Waals surface area contributed by atoms with Crippen LogP contribution in [0.25, 0.3) is 0 Å². The molecular formula is C10H19O5P. The zero-order valence-electron chi connectivity index (χ0n) is 10.1. The van der Waals surface area contributed by atoms with Gasteiger partial charge in [0.2, 0.25) is 0 Å². The molecule has 2 heterocycles. The highest BCUT2D eigenvalue weighted by Crippen LogP contribution is 2.57. The van der Waals surface area contributed by atoms with Crippen LogP contribution in [-0.2, 0) is 22.9 Å². The van der Waals surface area contributed by atoms with Crippen molar-refractivity contribution in [3.05, 3.63) is 0 Å². The van der Waals surface area contributed by atoms with E-state index in [-0.39, 0.29) is 36.9 Å². The third-order valence-electron chi connectivity index (χ3n) is 3.00. The molecule has 6 heteroatoms. The van der Waals surface area contributed by atoms with Gasteiger partial charge in [-0.25, -0.2) is 4.57 Å². The van der Waals surface area contributed by atoms with Gasteiger partial charge in [-0.1, -0.05) is 6.92 Å². The van der Waals surface area contributed by atoms with Crippen LogP contribution < -0.4 is 0 Å². The summed E-state index contributed by atoms with van der Waals surface area (Å²) < 4.78 is 33.6. The molecule has 0 amide bonds. The zero-order chi connectivity index (χ0) is 11.9. The lowest BCUT2D eigenvalue weighted by atomic mass is 10.00. The molecule has 0 bridgehead atoms. The molecule has 0 aromatic heterocycles. The van der Waals surface area contributed by atoms with Crippen molar-refractivity contribution in [1.82, 2.24) is 0 Å². The van der Waals surface area contributed by atoms with E-state index in [1.54, 1.807) is 13.8 Å². The van der Waals surface area contributed by atoms with Crippen LogP contribution in [0.15, 0.2) is 0 Å². The summed E-state index contributed by atoms with van der Waals surface area (Å²) in [7, 11) is -3.38. The molecule has 0 aromatic rings. The van der Waals surface area contributed by atoms with Gasteiger partial charge in [0.05, 0.1) is 18.8 Å². The van der Waals surface area contributed by atoms with Crippen molar-refractivity contribution in [2.24, 2.45) is 5.92 Å². The van der Waals surface area contributed by atoms with Gasteiger partial charge in [0.1, 0.15) is 12.2 Å². The normalized spacial score (nSPS) is 48.3. The van der Waals surface area contributed by atoms with Gasteiger partial charge in [-0.3, -0.25) is 13.6 Å². The SMILES string of the molecule is CC(C)OP1(=O)OCC2OC(C)C(C)[C@@H]2O1. The Balaban J connectivity index is 2.06. The van der Waals surface area contributed by atoms with Crippen LogP contribution in [0.2, 0.25) is 0 Å². The van der Waals surface area contributed by atoms with Crippen molar-refractivity contribution in [2.45, 2.75) is 52.1 Å². The Labute approximate surface area is 96.0 Å². The predicted molar refractivity (Wildman–Crippen MR) is 58.2 cm³/mol. The highest BCUT2D eigenvalue weighted by Gasteiger charge is 2.50. The number of ether oxygens (including phenoxy) is 1. The Kier molecular flexibility index (Phi) is 3.44. The third-order valence-corrected chi connectivity index (χ3v) is 4.65. The largest absolute Gasteiger partial charge is 0.475 e. The van der Waals surface area contributed by atoms with Crippen molar-refractivity contribution in [3.8, 4) is 0 Å². The Morgan fingerprint density at radius 1 is 1.38 bits per heavy atom. The van der Waals surface area contributed by atoms with Crippen molar-refractivity contribution in [1.29, 1.82) is 0 Å². The van der Waals surface area contributed by atoms with E-state index in [9.17, 15) is 4.57 Å². The molecule has 94 valence electrons. The Hall–Kier alpha value is 0.0700. The molecule has 2 saturated heterocycles. The number of phosphoric acid groups is 1. The fraction of sp³-hybridized carbons (Fsp3) is 1.00. The maximum atomic E-state index is 12.1. The quantitative estimate of drug-likeness (QED) is 0.704. The van der Waals surface area contributed by atoms with Crippen LogP contribution in [-0.4, -0.2) is 31.0 Å². The van der Waals surface area contributed by atoms with E-state index in [0.29, 0.717) is 0 Å². The topological polar surface area (TPSA) is 54.0 Å². The first kappa shape index (κ1) is 12.5. The number of hydrogen-bond acceptors (Lipinski definition) is 5. The maximum absolute atomic E-state index is 12.1. The molecule has 5 atom stereocenters. The summed E-state index contributed by atoms with van der Waals surface area (Å²) in [5, 5.41) is 0. The summed E-state index contributed by atoms with van der Waals surface area (Å²) in [4.78, 5) is 0. The van der Waals surface area contributed by atoms with E-state index >= 15 is 0 Å². The Bertz CT molecular complexity index is 306. The second-order valence-corrected chi connectivity index (χ2v) is 6.28. The van der Waals surface area contributed by atoms with Gasteiger partial charge < -0.3 is 4.74 Å². The molecule has 5 nitrogen and oxygen atoms in total. The monoisotopic (exact) mass is 250 g/mol. The fourth-order valence-electron chi connectivity index (χ4n) is 2.04. The average molecular weight is 250 g/mol. The summed E-state index contributed by atoms with van der Waals surface area (Å²) in [6.45, 7) is 7.90. The third kappa shape index (κ3) is 2.34. The van der Waals surface area contributed by atoms with Gasteiger partial charge in [-0.15, -0.1) is 0 Å². The lowest BCUT2D eigenvalue weighted by Crippen LogP contribution is -2.36. The molecular weight excluding hydrogens is 231 g/mol. The van der Waals surface area contributed by atoms with Crippen LogP contribution in [0.5, 0.6) is 0 Å². The number of rotatable bonds is 2. The highest BCUT2D eigenvalue weighted by atomic mass is 31.2. The number of phosphoric ester groups is 1. The number of hydrogen-bond donors (Lipinski definition) is 0. The second-order valence-electron chi connectivity index (χ2n) is 4.71. The first-order chi connectivity index (χ1) is 7.41. The zero-order valence-corrected chi connectivity index (χ0v) is 11.0. The second kappa shape index (κ2) is 4.39. The molecule has 4 unspecified atom stereocenters. The highest BCUT2D eigenvalue weighted by molar-refractivity contribution is 7.48. The van der Waals surface area contributed by atoms with Gasteiger partial charge in [0.15, 0.2) is 0 Å². The van der Waals surface area contributed by atoms with Gasteiger partial charge in [-0.05, 0) is 20.8 Å². The van der Waals surface area contributed by atoms with E-state index < -0.39 is 7.82 Å². The van der Waals surface area contributed by atoms with Crippen LogP contribution in [0.1, 0.15) is 27.7 Å². The average Bonchev–Trinajstić information content (AvgIpc) is 2.42. The Morgan fingerprint density at radius 2 is 2.06 bits per heavy atom. The molecule has 0 spiro atoms. The molecule has 2 rings (SSSR count). The lowest BCUT2D eigenvalue weighted by molar-refractivity contribution is -0.0601. The molecule has 2 aliphatic heterocycles. The molecule has 2 aliphatic rings. The lowest BCUT2D eigenvalue weighted by Gasteiger charge is -2.32. The van der Waals surface area contributed by atoms with Crippen molar-refractivity contribution < 1.29 is 22.9 Å². The van der Waals surface area contributed by atoms with Crippen molar-refractivity contribution in [3.63, 3.8) is 0 Å². The summed E-state index contributed by atoms with van der Waals surface area (Å²) in [6, 6.07) is 0. The minimum Gasteiger partial charge on any atom is -0.370 e. The Morgan fingerprint density at radius 3 is 2.69 bits per heavy atom. The van der Waals surface area contributed by atoms with E-state index in [4.69, 9.17) is 18.3 Å². The maximum Gasteiger partial charge on any atom is 0.475 e. The smallest absolute Gasteiger partial charge is 0.370 e. The summed E-state index contributed by atoms with van der Waals surface area (Å²) in [5.41, 5.74) is 0. The van der Waals surface area contributed by atoms with E-state index in [0.717, 1.165) is 0 Å². The molecule has 0 radical (unpaired) electrons.